The number of hydrogen-bond acceptors (Lipinski definition) is 7. The van der Waals surface area contributed by atoms with Crippen LogP contribution in [0.3, 0.4) is 0 Å². The summed E-state index contributed by atoms with van der Waals surface area (Å²) in [5, 5.41) is 3.87. The number of likely N-dealkylation sites (N-methyl/N-ethyl adjacent to an activating group) is 1. The quantitative estimate of drug-likeness (QED) is 0.472. The summed E-state index contributed by atoms with van der Waals surface area (Å²) < 4.78 is 69.8. The molecule has 44 heavy (non-hydrogen) atoms. The lowest BCUT2D eigenvalue weighted by atomic mass is 9.89. The molecule has 2 aromatic carbocycles. The smallest absolute Gasteiger partial charge is 0.406 e. The van der Waals surface area contributed by atoms with Crippen molar-refractivity contribution in [3.05, 3.63) is 69.6 Å². The van der Waals surface area contributed by atoms with E-state index in [1.165, 1.54) is 27.4 Å². The maximum Gasteiger partial charge on any atom is 0.573 e. The SMILES string of the molecule is Cc1cc(CN2CC[C@@H](N(C)C)C2)cc(C)c1/C=C/S(=O)(=O)N1CCC2(CC1)N=C(c1cccc(OC(F)(F)F)c1)NC2=O. The Hall–Kier alpha value is -3.26. The maximum atomic E-state index is 13.3. The highest BCUT2D eigenvalue weighted by atomic mass is 32.2. The van der Waals surface area contributed by atoms with Gasteiger partial charge in [-0.25, -0.2) is 8.42 Å². The first-order valence-corrected chi connectivity index (χ1v) is 16.1. The number of amides is 1. The zero-order valence-corrected chi connectivity index (χ0v) is 26.1. The molecule has 0 aromatic heterocycles. The number of carbonyl (C=O) groups is 1. The second kappa shape index (κ2) is 12.3. The van der Waals surface area contributed by atoms with Gasteiger partial charge in [-0.15, -0.1) is 13.2 Å². The number of aliphatic imine (C=N–C) groups is 1. The Labute approximate surface area is 256 Å². The first-order valence-electron chi connectivity index (χ1n) is 14.6. The molecule has 5 rings (SSSR count). The van der Waals surface area contributed by atoms with E-state index in [0.717, 1.165) is 54.9 Å². The summed E-state index contributed by atoms with van der Waals surface area (Å²) in [7, 11) is 0.446. The molecule has 0 radical (unpaired) electrons. The molecule has 2 aromatic rings. The van der Waals surface area contributed by atoms with Gasteiger partial charge in [0.15, 0.2) is 0 Å². The number of aryl methyl sites for hydroxylation is 2. The van der Waals surface area contributed by atoms with Crippen molar-refractivity contribution in [1.82, 2.24) is 19.4 Å². The molecule has 238 valence electrons. The summed E-state index contributed by atoms with van der Waals surface area (Å²) in [5.41, 5.74) is 3.15. The summed E-state index contributed by atoms with van der Waals surface area (Å²) >= 11 is 0. The number of rotatable bonds is 8. The predicted molar refractivity (Wildman–Crippen MR) is 163 cm³/mol. The van der Waals surface area contributed by atoms with Crippen LogP contribution < -0.4 is 10.1 Å². The van der Waals surface area contributed by atoms with E-state index in [0.29, 0.717) is 6.04 Å². The van der Waals surface area contributed by atoms with Gasteiger partial charge < -0.3 is 15.0 Å². The molecule has 1 atom stereocenters. The van der Waals surface area contributed by atoms with Gasteiger partial charge in [0.05, 0.1) is 0 Å². The van der Waals surface area contributed by atoms with Gasteiger partial charge in [-0.1, -0.05) is 24.3 Å². The number of sulfonamides is 1. The van der Waals surface area contributed by atoms with E-state index in [1.54, 1.807) is 6.08 Å². The van der Waals surface area contributed by atoms with Gasteiger partial charge in [-0.05, 0) is 87.7 Å². The molecule has 1 N–H and O–H groups in total. The van der Waals surface area contributed by atoms with Gasteiger partial charge in [-0.3, -0.25) is 14.7 Å². The van der Waals surface area contributed by atoms with Crippen LogP contribution in [0.4, 0.5) is 13.2 Å². The lowest BCUT2D eigenvalue weighted by Gasteiger charge is -2.34. The van der Waals surface area contributed by atoms with Crippen LogP contribution in [0.1, 0.15) is 47.1 Å². The van der Waals surface area contributed by atoms with Gasteiger partial charge in [0.2, 0.25) is 10.0 Å². The van der Waals surface area contributed by atoms with E-state index >= 15 is 0 Å². The van der Waals surface area contributed by atoms with Crippen LogP contribution in [0.5, 0.6) is 5.75 Å². The van der Waals surface area contributed by atoms with Crippen molar-refractivity contribution in [3.8, 4) is 5.75 Å². The summed E-state index contributed by atoms with van der Waals surface area (Å²) in [5.74, 6) is -0.694. The molecule has 13 heteroatoms. The van der Waals surface area contributed by atoms with E-state index in [4.69, 9.17) is 0 Å². The second-order valence-electron chi connectivity index (χ2n) is 12.1. The highest BCUT2D eigenvalue weighted by Gasteiger charge is 2.47. The minimum absolute atomic E-state index is 0.0782. The molecule has 3 heterocycles. The Bertz CT molecular complexity index is 1560. The van der Waals surface area contributed by atoms with Crippen molar-refractivity contribution in [3.63, 3.8) is 0 Å². The maximum absolute atomic E-state index is 13.3. The van der Waals surface area contributed by atoms with Crippen molar-refractivity contribution in [2.45, 2.75) is 57.6 Å². The molecule has 2 saturated heterocycles. The average molecular weight is 634 g/mol. The van der Waals surface area contributed by atoms with Crippen LogP contribution in [0.15, 0.2) is 46.8 Å². The number of ether oxygens (including phenoxy) is 1. The molecule has 0 aliphatic carbocycles. The van der Waals surface area contributed by atoms with E-state index < -0.39 is 33.6 Å². The number of likely N-dealkylation sites (tertiary alicyclic amines) is 1. The Kier molecular flexibility index (Phi) is 8.96. The first kappa shape index (κ1) is 32.1. The van der Waals surface area contributed by atoms with Crippen LogP contribution in [0, 0.1) is 13.8 Å². The van der Waals surface area contributed by atoms with Gasteiger partial charge in [-0.2, -0.15) is 4.31 Å². The van der Waals surface area contributed by atoms with Crippen LogP contribution >= 0.6 is 0 Å². The minimum atomic E-state index is -4.85. The number of nitrogens with zero attached hydrogens (tertiary/aromatic N) is 4. The van der Waals surface area contributed by atoms with Crippen molar-refractivity contribution >= 4 is 27.8 Å². The number of nitrogens with one attached hydrogen (secondary N) is 1. The number of carbonyl (C=O) groups excluding carboxylic acids is 1. The standard InChI is InChI=1S/C31H38F3N5O4S/c1-21-16-23(19-38-12-8-25(20-38)37(3)4)17-22(2)27(21)9-15-44(41,42)39-13-10-30(11-14-39)29(40)35-28(36-30)24-6-5-7-26(18-24)43-31(32,33)34/h5-7,9,15-18,25H,8,10-14,19-20H2,1-4H3,(H,35,36,40)/b15-9+/t25-/m1/s1. The summed E-state index contributed by atoms with van der Waals surface area (Å²) in [4.78, 5) is 22.2. The van der Waals surface area contributed by atoms with E-state index in [2.05, 4.69) is 51.1 Å². The number of alkyl halides is 3. The van der Waals surface area contributed by atoms with Crippen LogP contribution in [0.25, 0.3) is 6.08 Å². The molecular weight excluding hydrogens is 595 g/mol. The van der Waals surface area contributed by atoms with E-state index in [9.17, 15) is 26.4 Å². The lowest BCUT2D eigenvalue weighted by Crippen LogP contribution is -2.50. The van der Waals surface area contributed by atoms with Gasteiger partial charge in [0, 0.05) is 49.7 Å². The van der Waals surface area contributed by atoms with Crippen molar-refractivity contribution in [1.29, 1.82) is 0 Å². The Morgan fingerprint density at radius 3 is 2.41 bits per heavy atom. The highest BCUT2D eigenvalue weighted by Crippen LogP contribution is 2.33. The number of hydrogen-bond donors (Lipinski definition) is 1. The third-order valence-corrected chi connectivity index (χ3v) is 10.2. The normalized spacial score (nSPS) is 21.4. The number of benzene rings is 2. The lowest BCUT2D eigenvalue weighted by molar-refractivity contribution is -0.274. The zero-order valence-electron chi connectivity index (χ0n) is 25.3. The molecule has 1 amide bonds. The minimum Gasteiger partial charge on any atom is -0.406 e. The molecule has 2 fully saturated rings. The third kappa shape index (κ3) is 7.17. The fourth-order valence-electron chi connectivity index (χ4n) is 6.24. The molecule has 1 spiro atoms. The van der Waals surface area contributed by atoms with Crippen LogP contribution in [-0.2, 0) is 21.4 Å². The molecule has 0 bridgehead atoms. The fraction of sp³-hybridized carbons (Fsp3) is 0.484. The van der Waals surface area contributed by atoms with Crippen molar-refractivity contribution < 1.29 is 31.1 Å². The van der Waals surface area contributed by atoms with Crippen molar-refractivity contribution in [2.24, 2.45) is 4.99 Å². The molecule has 3 aliphatic rings. The van der Waals surface area contributed by atoms with Crippen LogP contribution in [0.2, 0.25) is 0 Å². The molecule has 3 aliphatic heterocycles. The largest absolute Gasteiger partial charge is 0.573 e. The van der Waals surface area contributed by atoms with Crippen molar-refractivity contribution in [2.75, 3.05) is 40.3 Å². The Balaban J connectivity index is 1.23. The Morgan fingerprint density at radius 2 is 1.80 bits per heavy atom. The zero-order chi connectivity index (χ0) is 31.9. The van der Waals surface area contributed by atoms with Gasteiger partial charge in [0.25, 0.3) is 5.91 Å². The van der Waals surface area contributed by atoms with Crippen LogP contribution in [-0.4, -0.2) is 92.5 Å². The fourth-order valence-corrected chi connectivity index (χ4v) is 7.41. The number of piperidine rings is 1. The Morgan fingerprint density at radius 1 is 1.11 bits per heavy atom. The molecule has 0 unspecified atom stereocenters. The third-order valence-electron chi connectivity index (χ3n) is 8.68. The predicted octanol–water partition coefficient (Wildman–Crippen LogP) is 4.05. The van der Waals surface area contributed by atoms with E-state index in [-0.39, 0.29) is 37.3 Å². The topological polar surface area (TPSA) is 94.6 Å². The van der Waals surface area contributed by atoms with E-state index in [1.807, 2.05) is 13.8 Å². The molecule has 9 nitrogen and oxygen atoms in total. The van der Waals surface area contributed by atoms with Gasteiger partial charge in [0.1, 0.15) is 17.1 Å². The molecular formula is C31H38F3N5O4S. The van der Waals surface area contributed by atoms with Gasteiger partial charge >= 0.3 is 6.36 Å². The monoisotopic (exact) mass is 633 g/mol. The summed E-state index contributed by atoms with van der Waals surface area (Å²) in [6.45, 7) is 7.06. The highest BCUT2D eigenvalue weighted by molar-refractivity contribution is 7.92. The average Bonchev–Trinajstić information content (AvgIpc) is 3.52. The molecule has 0 saturated carbocycles. The first-order chi connectivity index (χ1) is 20.6. The number of halogens is 3. The summed E-state index contributed by atoms with van der Waals surface area (Å²) in [6, 6.07) is 10.0. The number of amidine groups is 1. The summed E-state index contributed by atoms with van der Waals surface area (Å²) in [6.07, 6.45) is -1.77. The second-order valence-corrected chi connectivity index (χ2v) is 13.9.